The molecule has 0 spiro atoms. The predicted octanol–water partition coefficient (Wildman–Crippen LogP) is 2.21. The molecule has 0 radical (unpaired) electrons. The molecule has 110 valence electrons. The minimum absolute atomic E-state index is 0.129. The summed E-state index contributed by atoms with van der Waals surface area (Å²) < 4.78 is 5.16. The molecule has 0 aliphatic heterocycles. The summed E-state index contributed by atoms with van der Waals surface area (Å²) >= 11 is 0. The number of carbonyl (C=O) groups is 2. The van der Waals surface area contributed by atoms with E-state index in [9.17, 15) is 9.59 Å². The third kappa shape index (κ3) is 2.80. The monoisotopic (exact) mass is 295 g/mol. The van der Waals surface area contributed by atoms with Crippen LogP contribution in [0.15, 0.2) is 52.9 Å². The number of nitrogens with one attached hydrogen (secondary N) is 2. The fourth-order valence-electron chi connectivity index (χ4n) is 1.99. The molecular formula is C16H13N3O3. The van der Waals surface area contributed by atoms with Gasteiger partial charge in [0.2, 0.25) is 0 Å². The lowest BCUT2D eigenvalue weighted by atomic mass is 10.2. The average molecular weight is 295 g/mol. The van der Waals surface area contributed by atoms with Crippen LogP contribution in [-0.4, -0.2) is 16.8 Å². The molecule has 6 nitrogen and oxygen atoms in total. The molecule has 0 bridgehead atoms. The summed E-state index contributed by atoms with van der Waals surface area (Å²) in [6, 6.07) is 14.1. The van der Waals surface area contributed by atoms with Crippen molar-refractivity contribution in [3.8, 4) is 0 Å². The number of rotatable bonds is 2. The first-order valence-corrected chi connectivity index (χ1v) is 6.66. The van der Waals surface area contributed by atoms with Gasteiger partial charge in [-0.3, -0.25) is 20.4 Å². The number of hydrazine groups is 1. The number of aryl methyl sites for hydroxylation is 1. The van der Waals surface area contributed by atoms with E-state index in [0.29, 0.717) is 11.3 Å². The zero-order chi connectivity index (χ0) is 15.5. The van der Waals surface area contributed by atoms with Crippen LogP contribution in [0.4, 0.5) is 0 Å². The van der Waals surface area contributed by atoms with E-state index in [2.05, 4.69) is 15.8 Å². The van der Waals surface area contributed by atoms with Gasteiger partial charge < -0.3 is 4.42 Å². The average Bonchev–Trinajstić information content (AvgIpc) is 2.98. The molecule has 0 atom stereocenters. The van der Waals surface area contributed by atoms with Gasteiger partial charge in [0.1, 0.15) is 11.5 Å². The lowest BCUT2D eigenvalue weighted by molar-refractivity contribution is 0.0828. The molecule has 22 heavy (non-hydrogen) atoms. The number of pyridine rings is 1. The van der Waals surface area contributed by atoms with Gasteiger partial charge in [-0.2, -0.15) is 0 Å². The van der Waals surface area contributed by atoms with E-state index in [0.717, 1.165) is 5.39 Å². The highest BCUT2D eigenvalue weighted by molar-refractivity contribution is 5.98. The second kappa shape index (κ2) is 5.69. The molecule has 2 heterocycles. The van der Waals surface area contributed by atoms with Gasteiger partial charge in [0.05, 0.1) is 5.52 Å². The molecule has 0 fully saturated rings. The Kier molecular flexibility index (Phi) is 3.57. The van der Waals surface area contributed by atoms with Crippen molar-refractivity contribution >= 4 is 22.7 Å². The molecule has 1 aromatic carbocycles. The van der Waals surface area contributed by atoms with E-state index in [-0.39, 0.29) is 11.5 Å². The highest BCUT2D eigenvalue weighted by Gasteiger charge is 2.13. The quantitative estimate of drug-likeness (QED) is 0.710. The van der Waals surface area contributed by atoms with Gasteiger partial charge in [-0.05, 0) is 31.2 Å². The van der Waals surface area contributed by atoms with Crippen molar-refractivity contribution < 1.29 is 14.0 Å². The number of furan rings is 1. The third-order valence-electron chi connectivity index (χ3n) is 3.08. The maximum absolute atomic E-state index is 12.0. The number of hydrogen-bond donors (Lipinski definition) is 2. The van der Waals surface area contributed by atoms with E-state index >= 15 is 0 Å². The zero-order valence-electron chi connectivity index (χ0n) is 11.8. The van der Waals surface area contributed by atoms with Crippen LogP contribution in [-0.2, 0) is 0 Å². The second-order valence-corrected chi connectivity index (χ2v) is 4.71. The van der Waals surface area contributed by atoms with Gasteiger partial charge >= 0.3 is 5.91 Å². The van der Waals surface area contributed by atoms with Crippen LogP contribution in [0, 0.1) is 6.92 Å². The fraction of sp³-hybridized carbons (Fsp3) is 0.0625. The Labute approximate surface area is 126 Å². The maximum Gasteiger partial charge on any atom is 0.305 e. The zero-order valence-corrected chi connectivity index (χ0v) is 11.8. The minimum Gasteiger partial charge on any atom is -0.456 e. The number of hydrogen-bond acceptors (Lipinski definition) is 4. The molecule has 3 aromatic rings. The SMILES string of the molecule is Cc1ccc(C(=O)NNC(=O)c2ccc3ccccc3n2)o1. The Morgan fingerprint density at radius 3 is 2.50 bits per heavy atom. The van der Waals surface area contributed by atoms with E-state index in [4.69, 9.17) is 4.42 Å². The van der Waals surface area contributed by atoms with Gasteiger partial charge in [0, 0.05) is 5.39 Å². The van der Waals surface area contributed by atoms with E-state index in [1.54, 1.807) is 25.1 Å². The summed E-state index contributed by atoms with van der Waals surface area (Å²) in [4.78, 5) is 28.0. The molecule has 2 N–H and O–H groups in total. The fourth-order valence-corrected chi connectivity index (χ4v) is 1.99. The Hall–Kier alpha value is -3.15. The van der Waals surface area contributed by atoms with Crippen LogP contribution < -0.4 is 10.9 Å². The molecule has 3 rings (SSSR count). The molecule has 6 heteroatoms. The van der Waals surface area contributed by atoms with Crippen molar-refractivity contribution in [3.05, 3.63) is 65.7 Å². The molecule has 0 aliphatic carbocycles. The van der Waals surface area contributed by atoms with Crippen molar-refractivity contribution in [3.63, 3.8) is 0 Å². The summed E-state index contributed by atoms with van der Waals surface area (Å²) in [5.41, 5.74) is 5.53. The van der Waals surface area contributed by atoms with Gasteiger partial charge in [0.15, 0.2) is 5.76 Å². The Morgan fingerprint density at radius 2 is 1.73 bits per heavy atom. The Balaban J connectivity index is 1.69. The van der Waals surface area contributed by atoms with Crippen LogP contribution >= 0.6 is 0 Å². The minimum atomic E-state index is -0.526. The molecule has 0 unspecified atom stereocenters. The van der Waals surface area contributed by atoms with Gasteiger partial charge in [-0.1, -0.05) is 24.3 Å². The van der Waals surface area contributed by atoms with Crippen molar-refractivity contribution in [1.82, 2.24) is 15.8 Å². The standard InChI is InChI=1S/C16H13N3O3/c1-10-6-9-14(22-10)16(21)19-18-15(20)13-8-7-11-4-2-3-5-12(11)17-13/h2-9H,1H3,(H,18,20)(H,19,21). The summed E-state index contributed by atoms with van der Waals surface area (Å²) in [5.74, 6) is -0.276. The van der Waals surface area contributed by atoms with E-state index in [1.165, 1.54) is 6.07 Å². The number of amides is 2. The Bertz CT molecular complexity index is 854. The Morgan fingerprint density at radius 1 is 0.955 bits per heavy atom. The summed E-state index contributed by atoms with van der Waals surface area (Å²) in [5, 5.41) is 0.939. The predicted molar refractivity (Wildman–Crippen MR) is 80.1 cm³/mol. The number of para-hydroxylation sites is 1. The molecule has 0 saturated carbocycles. The third-order valence-corrected chi connectivity index (χ3v) is 3.08. The number of aromatic nitrogens is 1. The largest absolute Gasteiger partial charge is 0.456 e. The van der Waals surface area contributed by atoms with Crippen LogP contribution in [0.3, 0.4) is 0 Å². The van der Waals surface area contributed by atoms with Crippen LogP contribution in [0.25, 0.3) is 10.9 Å². The summed E-state index contributed by atoms with van der Waals surface area (Å²) in [7, 11) is 0. The van der Waals surface area contributed by atoms with Crippen LogP contribution in [0.1, 0.15) is 26.8 Å². The van der Waals surface area contributed by atoms with Crippen LogP contribution in [0.5, 0.6) is 0 Å². The van der Waals surface area contributed by atoms with Gasteiger partial charge in [0.25, 0.3) is 5.91 Å². The molecule has 2 aromatic heterocycles. The number of carbonyl (C=O) groups excluding carboxylic acids is 2. The molecule has 2 amide bonds. The second-order valence-electron chi connectivity index (χ2n) is 4.71. The topological polar surface area (TPSA) is 84.2 Å². The van der Waals surface area contributed by atoms with Gasteiger partial charge in [-0.25, -0.2) is 4.98 Å². The lowest BCUT2D eigenvalue weighted by Gasteiger charge is -2.06. The first kappa shape index (κ1) is 13.8. The van der Waals surface area contributed by atoms with Crippen molar-refractivity contribution in [2.24, 2.45) is 0 Å². The summed E-state index contributed by atoms with van der Waals surface area (Å²) in [6.07, 6.45) is 0. The highest BCUT2D eigenvalue weighted by Crippen LogP contribution is 2.11. The first-order valence-electron chi connectivity index (χ1n) is 6.66. The molecule has 0 saturated heterocycles. The van der Waals surface area contributed by atoms with E-state index < -0.39 is 11.8 Å². The maximum atomic E-state index is 12.0. The lowest BCUT2D eigenvalue weighted by Crippen LogP contribution is -2.41. The number of fused-ring (bicyclic) bond motifs is 1. The van der Waals surface area contributed by atoms with E-state index in [1.807, 2.05) is 24.3 Å². The van der Waals surface area contributed by atoms with Crippen molar-refractivity contribution in [1.29, 1.82) is 0 Å². The first-order chi connectivity index (χ1) is 10.6. The van der Waals surface area contributed by atoms with Crippen molar-refractivity contribution in [2.45, 2.75) is 6.92 Å². The van der Waals surface area contributed by atoms with Crippen LogP contribution in [0.2, 0.25) is 0 Å². The van der Waals surface area contributed by atoms with Gasteiger partial charge in [-0.15, -0.1) is 0 Å². The number of nitrogens with zero attached hydrogens (tertiary/aromatic N) is 1. The highest BCUT2D eigenvalue weighted by atomic mass is 16.3. The number of benzene rings is 1. The normalized spacial score (nSPS) is 10.4. The van der Waals surface area contributed by atoms with Crippen molar-refractivity contribution in [2.75, 3.05) is 0 Å². The molecule has 0 aliphatic rings. The summed E-state index contributed by atoms with van der Waals surface area (Å²) in [6.45, 7) is 1.73. The smallest absolute Gasteiger partial charge is 0.305 e. The molecular weight excluding hydrogens is 282 g/mol.